The zero-order valence-electron chi connectivity index (χ0n) is 5.40. The lowest BCUT2D eigenvalue weighted by Gasteiger charge is -2.03. The van der Waals surface area contributed by atoms with Gasteiger partial charge < -0.3 is 0 Å². The lowest BCUT2D eigenvalue weighted by Crippen LogP contribution is -1.82. The predicted molar refractivity (Wildman–Crippen MR) is 60.8 cm³/mol. The summed E-state index contributed by atoms with van der Waals surface area (Å²) in [5.41, 5.74) is 1.13. The van der Waals surface area contributed by atoms with Crippen LogP contribution in [0.15, 0.2) is 25.6 Å². The highest BCUT2D eigenvalue weighted by atomic mass is 79.9. The van der Waals surface area contributed by atoms with Gasteiger partial charge in [-0.25, -0.2) is 0 Å². The summed E-state index contributed by atoms with van der Waals surface area (Å²) in [6, 6.07) is 3.98. The Morgan fingerprint density at radius 3 is 1.91 bits per heavy atom. The highest BCUT2D eigenvalue weighted by Crippen LogP contribution is 2.30. The van der Waals surface area contributed by atoms with E-state index in [4.69, 9.17) is 12.6 Å². The molecule has 0 N–H and O–H groups in total. The number of rotatable bonds is 1. The van der Waals surface area contributed by atoms with E-state index in [1.807, 2.05) is 12.1 Å². The lowest BCUT2D eigenvalue weighted by molar-refractivity contribution is 1.34. The van der Waals surface area contributed by atoms with Gasteiger partial charge in [-0.15, -0.1) is 0 Å². The summed E-state index contributed by atoms with van der Waals surface area (Å²) in [6.45, 7) is 0. The molecule has 1 radical (unpaired) electrons. The zero-order valence-corrected chi connectivity index (χ0v) is 11.0. The molecule has 0 nitrogen and oxygen atoms in total. The molecule has 4 heteroatoms. The molecule has 0 fully saturated rings. The fraction of sp³-hybridized carbons (Fsp3) is 0.143. The molecule has 0 saturated carbocycles. The van der Waals surface area contributed by atoms with Crippen molar-refractivity contribution in [1.29, 1.82) is 0 Å². The lowest BCUT2D eigenvalue weighted by atomic mass is 10.2. The highest BCUT2D eigenvalue weighted by molar-refractivity contribution is 9.11. The van der Waals surface area contributed by atoms with Gasteiger partial charge in [0.2, 0.25) is 0 Å². The first-order valence-electron chi connectivity index (χ1n) is 2.86. The Kier molecular flexibility index (Phi) is 3.95. The van der Waals surface area contributed by atoms with Crippen molar-refractivity contribution >= 4 is 60.4 Å². The van der Waals surface area contributed by atoms with Gasteiger partial charge in [-0.3, -0.25) is 0 Å². The maximum absolute atomic E-state index is 4.96. The molecule has 1 rings (SSSR count). The van der Waals surface area contributed by atoms with Crippen molar-refractivity contribution in [2.24, 2.45) is 0 Å². The van der Waals surface area contributed by atoms with E-state index in [1.54, 1.807) is 0 Å². The van der Waals surface area contributed by atoms with E-state index in [0.717, 1.165) is 19.0 Å². The number of halogens is 3. The summed E-state index contributed by atoms with van der Waals surface area (Å²) in [7, 11) is 0. The van der Waals surface area contributed by atoms with Gasteiger partial charge in [-0.2, -0.15) is 0 Å². The van der Waals surface area contributed by atoms with E-state index < -0.39 is 0 Å². The van der Waals surface area contributed by atoms with Crippen LogP contribution in [-0.4, -0.2) is 0 Å². The molecule has 0 unspecified atom stereocenters. The molecule has 0 aliphatic heterocycles. The van der Waals surface area contributed by atoms with Crippen LogP contribution in [0.25, 0.3) is 0 Å². The monoisotopic (exact) mass is 357 g/mol. The smallest absolute Gasteiger partial charge is 0.0311 e. The van der Waals surface area contributed by atoms with Crippen LogP contribution >= 0.6 is 60.4 Å². The number of hydrogen-bond acceptors (Lipinski definition) is 0. The van der Waals surface area contributed by atoms with Crippen LogP contribution in [0.1, 0.15) is 5.56 Å². The second-order valence-electron chi connectivity index (χ2n) is 1.99. The van der Waals surface area contributed by atoms with Crippen LogP contribution in [0.3, 0.4) is 0 Å². The SMILES string of the molecule is [S]Cc1c(Br)cc(Br)cc1Br. The molecule has 0 aromatic heterocycles. The fourth-order valence-electron chi connectivity index (χ4n) is 0.710. The number of benzene rings is 1. The summed E-state index contributed by atoms with van der Waals surface area (Å²) in [5, 5.41) is 0. The third-order valence-electron chi connectivity index (χ3n) is 1.25. The first-order chi connectivity index (χ1) is 5.15. The second kappa shape index (κ2) is 4.30. The van der Waals surface area contributed by atoms with E-state index in [-0.39, 0.29) is 0 Å². The molecule has 0 amide bonds. The third kappa shape index (κ3) is 2.47. The van der Waals surface area contributed by atoms with Crippen molar-refractivity contribution in [1.82, 2.24) is 0 Å². The minimum absolute atomic E-state index is 0.619. The molecule has 11 heavy (non-hydrogen) atoms. The summed E-state index contributed by atoms with van der Waals surface area (Å²) < 4.78 is 3.14. The normalized spacial score (nSPS) is 10.2. The van der Waals surface area contributed by atoms with E-state index in [0.29, 0.717) is 5.75 Å². The number of hydrogen-bond donors (Lipinski definition) is 0. The standard InChI is InChI=1S/C7H4Br3S/c8-4-1-6(9)5(3-11)7(10)2-4/h1-2H,3H2. The largest absolute Gasteiger partial charge is 0.0889 e. The van der Waals surface area contributed by atoms with Gasteiger partial charge in [0.15, 0.2) is 0 Å². The van der Waals surface area contributed by atoms with Gasteiger partial charge in [0, 0.05) is 19.2 Å². The van der Waals surface area contributed by atoms with Crippen LogP contribution in [0.2, 0.25) is 0 Å². The summed E-state index contributed by atoms with van der Waals surface area (Å²) in [4.78, 5) is 0. The van der Waals surface area contributed by atoms with Gasteiger partial charge in [-0.1, -0.05) is 60.4 Å². The van der Waals surface area contributed by atoms with E-state index in [2.05, 4.69) is 47.8 Å². The Hall–Kier alpha value is 1.01. The first kappa shape index (κ1) is 10.1. The maximum atomic E-state index is 4.96. The molecule has 1 aromatic carbocycles. The Bertz CT molecular complexity index is 249. The summed E-state index contributed by atoms with van der Waals surface area (Å²) >= 11 is 15.2. The van der Waals surface area contributed by atoms with E-state index >= 15 is 0 Å². The average Bonchev–Trinajstić information content (AvgIpc) is 1.85. The van der Waals surface area contributed by atoms with Crippen molar-refractivity contribution in [2.45, 2.75) is 5.75 Å². The molecule has 0 aliphatic rings. The van der Waals surface area contributed by atoms with Crippen LogP contribution < -0.4 is 0 Å². The van der Waals surface area contributed by atoms with Gasteiger partial charge >= 0.3 is 0 Å². The predicted octanol–water partition coefficient (Wildman–Crippen LogP) is 4.67. The molecule has 0 atom stereocenters. The molecule has 1 aromatic rings. The van der Waals surface area contributed by atoms with Crippen LogP contribution in [0.5, 0.6) is 0 Å². The Morgan fingerprint density at radius 1 is 1.09 bits per heavy atom. The Labute approximate surface area is 96.6 Å². The molecule has 0 spiro atoms. The molecule has 0 saturated heterocycles. The van der Waals surface area contributed by atoms with Gasteiger partial charge in [-0.05, 0) is 17.7 Å². The fourth-order valence-corrected chi connectivity index (χ4v) is 3.93. The average molecular weight is 360 g/mol. The summed E-state index contributed by atoms with van der Waals surface area (Å²) in [5.74, 6) is 0.619. The maximum Gasteiger partial charge on any atom is 0.0311 e. The molecule has 0 heterocycles. The minimum Gasteiger partial charge on any atom is -0.0889 e. The van der Waals surface area contributed by atoms with E-state index in [9.17, 15) is 0 Å². The third-order valence-corrected chi connectivity index (χ3v) is 3.41. The highest BCUT2D eigenvalue weighted by Gasteiger charge is 2.04. The van der Waals surface area contributed by atoms with Crippen molar-refractivity contribution < 1.29 is 0 Å². The van der Waals surface area contributed by atoms with Crippen molar-refractivity contribution in [3.05, 3.63) is 31.1 Å². The zero-order chi connectivity index (χ0) is 8.43. The minimum atomic E-state index is 0.619. The molecule has 0 aliphatic carbocycles. The summed E-state index contributed by atoms with van der Waals surface area (Å²) in [6.07, 6.45) is 0. The van der Waals surface area contributed by atoms with Crippen LogP contribution in [0.4, 0.5) is 0 Å². The van der Waals surface area contributed by atoms with E-state index in [1.165, 1.54) is 0 Å². The second-order valence-corrected chi connectivity index (χ2v) is 4.91. The molecule has 0 bridgehead atoms. The quantitative estimate of drug-likeness (QED) is 0.683. The van der Waals surface area contributed by atoms with Gasteiger partial charge in [0.25, 0.3) is 0 Å². The van der Waals surface area contributed by atoms with Crippen LogP contribution in [0, 0.1) is 0 Å². The van der Waals surface area contributed by atoms with Gasteiger partial charge in [0.1, 0.15) is 0 Å². The first-order valence-corrected chi connectivity index (χ1v) is 5.82. The van der Waals surface area contributed by atoms with Crippen LogP contribution in [-0.2, 0) is 5.75 Å². The Balaban J connectivity index is 3.25. The van der Waals surface area contributed by atoms with Crippen molar-refractivity contribution in [3.8, 4) is 0 Å². The van der Waals surface area contributed by atoms with Crippen molar-refractivity contribution in [2.75, 3.05) is 0 Å². The topological polar surface area (TPSA) is 0 Å². The Morgan fingerprint density at radius 2 is 1.55 bits per heavy atom. The van der Waals surface area contributed by atoms with Crippen molar-refractivity contribution in [3.63, 3.8) is 0 Å². The van der Waals surface area contributed by atoms with Gasteiger partial charge in [0.05, 0.1) is 0 Å². The molecule has 59 valence electrons. The molecular weight excluding hydrogens is 356 g/mol. The molecular formula is C7H4Br3S.